The van der Waals surface area contributed by atoms with Gasteiger partial charge < -0.3 is 9.72 Å². The fourth-order valence-electron chi connectivity index (χ4n) is 1.69. The van der Waals surface area contributed by atoms with Crippen LogP contribution in [0.2, 0.25) is 0 Å². The van der Waals surface area contributed by atoms with E-state index in [-0.39, 0.29) is 5.69 Å². The molecule has 7 heteroatoms. The normalized spacial score (nSPS) is 10.6. The van der Waals surface area contributed by atoms with Gasteiger partial charge in [-0.15, -0.1) is 0 Å². The molecular weight excluding hydrogens is 268 g/mol. The van der Waals surface area contributed by atoms with Crippen LogP contribution in [0.4, 0.5) is 5.69 Å². The van der Waals surface area contributed by atoms with Gasteiger partial charge in [0.05, 0.1) is 10.5 Å². The molecule has 0 amide bonds. The van der Waals surface area contributed by atoms with Gasteiger partial charge in [-0.05, 0) is 12.3 Å². The van der Waals surface area contributed by atoms with Crippen molar-refractivity contribution < 1.29 is 14.5 Å². The third kappa shape index (κ3) is 2.87. The lowest BCUT2D eigenvalue weighted by Crippen LogP contribution is -2.07. The van der Waals surface area contributed by atoms with Crippen molar-refractivity contribution in [2.24, 2.45) is 0 Å². The summed E-state index contributed by atoms with van der Waals surface area (Å²) in [6.45, 7) is 0.321. The minimum Gasteiger partial charge on any atom is -0.461 e. The van der Waals surface area contributed by atoms with E-state index in [0.717, 1.165) is 0 Å². The van der Waals surface area contributed by atoms with E-state index in [0.29, 0.717) is 28.8 Å². The Kier molecular flexibility index (Phi) is 4.06. The van der Waals surface area contributed by atoms with E-state index in [1.807, 2.05) is 6.26 Å². The van der Waals surface area contributed by atoms with E-state index in [1.165, 1.54) is 18.3 Å². The minimum atomic E-state index is -0.491. The number of hydrogen-bond acceptors (Lipinski definition) is 5. The number of rotatable bonds is 5. The Hall–Kier alpha value is -2.02. The molecule has 19 heavy (non-hydrogen) atoms. The number of nitro groups is 1. The molecule has 0 aliphatic heterocycles. The zero-order valence-electron chi connectivity index (χ0n) is 10.2. The van der Waals surface area contributed by atoms with Crippen molar-refractivity contribution in [2.45, 2.75) is 0 Å². The van der Waals surface area contributed by atoms with Gasteiger partial charge in [0, 0.05) is 35.0 Å². The van der Waals surface area contributed by atoms with Gasteiger partial charge in [-0.3, -0.25) is 10.1 Å². The quantitative estimate of drug-likeness (QED) is 0.394. The molecule has 100 valence electrons. The van der Waals surface area contributed by atoms with Gasteiger partial charge in [-0.1, -0.05) is 0 Å². The number of aromatic nitrogens is 1. The first-order valence-electron chi connectivity index (χ1n) is 5.55. The molecule has 0 unspecified atom stereocenters. The Morgan fingerprint density at radius 3 is 3.00 bits per heavy atom. The summed E-state index contributed by atoms with van der Waals surface area (Å²) in [6.07, 6.45) is 3.43. The van der Waals surface area contributed by atoms with Crippen molar-refractivity contribution in [3.8, 4) is 0 Å². The minimum absolute atomic E-state index is 0.0507. The van der Waals surface area contributed by atoms with Gasteiger partial charge in [0.1, 0.15) is 6.61 Å². The second-order valence-electron chi connectivity index (χ2n) is 3.82. The highest BCUT2D eigenvalue weighted by molar-refractivity contribution is 7.98. The van der Waals surface area contributed by atoms with Crippen molar-refractivity contribution >= 4 is 34.3 Å². The van der Waals surface area contributed by atoms with Crippen LogP contribution in [0.15, 0.2) is 24.4 Å². The molecule has 6 nitrogen and oxygen atoms in total. The number of hydrogen-bond donors (Lipinski definition) is 1. The maximum absolute atomic E-state index is 11.9. The molecule has 0 aliphatic carbocycles. The molecule has 0 saturated heterocycles. The van der Waals surface area contributed by atoms with Crippen LogP contribution >= 0.6 is 11.8 Å². The molecule has 0 saturated carbocycles. The Balaban J connectivity index is 2.30. The number of fused-ring (bicyclic) bond motifs is 1. The van der Waals surface area contributed by atoms with Crippen LogP contribution in [-0.2, 0) is 4.74 Å². The van der Waals surface area contributed by atoms with E-state index in [9.17, 15) is 14.9 Å². The molecular formula is C12H12N2O4S. The van der Waals surface area contributed by atoms with Gasteiger partial charge in [0.15, 0.2) is 0 Å². The largest absolute Gasteiger partial charge is 0.461 e. The molecule has 0 bridgehead atoms. The second kappa shape index (κ2) is 5.75. The molecule has 0 aliphatic rings. The Bertz CT molecular complexity index is 623. The van der Waals surface area contributed by atoms with E-state index in [2.05, 4.69) is 4.98 Å². The Labute approximate surface area is 113 Å². The zero-order valence-corrected chi connectivity index (χ0v) is 11.0. The first-order chi connectivity index (χ1) is 9.13. The van der Waals surface area contributed by atoms with Crippen LogP contribution in [-0.4, -0.2) is 34.5 Å². The first-order valence-corrected chi connectivity index (χ1v) is 6.94. The van der Waals surface area contributed by atoms with Gasteiger partial charge in [-0.2, -0.15) is 11.8 Å². The molecule has 2 aromatic rings. The number of nitrogens with one attached hydrogen (secondary N) is 1. The number of carbonyl (C=O) groups excluding carboxylic acids is 1. The lowest BCUT2D eigenvalue weighted by molar-refractivity contribution is -0.384. The van der Waals surface area contributed by atoms with Crippen LogP contribution in [0.1, 0.15) is 10.4 Å². The summed E-state index contributed by atoms with van der Waals surface area (Å²) >= 11 is 1.58. The number of H-pyrrole nitrogens is 1. The highest BCUT2D eigenvalue weighted by atomic mass is 32.2. The van der Waals surface area contributed by atoms with Gasteiger partial charge >= 0.3 is 5.97 Å². The number of nitro benzene ring substituents is 1. The highest BCUT2D eigenvalue weighted by Crippen LogP contribution is 2.24. The summed E-state index contributed by atoms with van der Waals surface area (Å²) < 4.78 is 5.09. The van der Waals surface area contributed by atoms with E-state index in [4.69, 9.17) is 4.74 Å². The molecule has 0 radical (unpaired) electrons. The summed E-state index contributed by atoms with van der Waals surface area (Å²) in [5, 5.41) is 11.2. The van der Waals surface area contributed by atoms with E-state index < -0.39 is 10.9 Å². The highest BCUT2D eigenvalue weighted by Gasteiger charge is 2.16. The molecule has 1 heterocycles. The number of thioether (sulfide) groups is 1. The van der Waals surface area contributed by atoms with Crippen molar-refractivity contribution in [2.75, 3.05) is 18.6 Å². The number of benzene rings is 1. The smallest absolute Gasteiger partial charge is 0.340 e. The average Bonchev–Trinajstić information content (AvgIpc) is 2.81. The maximum atomic E-state index is 11.9. The van der Waals surface area contributed by atoms with Gasteiger partial charge in [0.2, 0.25) is 0 Å². The molecule has 1 aromatic heterocycles. The number of ether oxygens (including phenoxy) is 1. The summed E-state index contributed by atoms with van der Waals surface area (Å²) in [7, 11) is 0. The zero-order chi connectivity index (χ0) is 13.8. The molecule has 0 spiro atoms. The predicted molar refractivity (Wildman–Crippen MR) is 73.6 cm³/mol. The van der Waals surface area contributed by atoms with Crippen LogP contribution in [0.25, 0.3) is 10.9 Å². The second-order valence-corrected chi connectivity index (χ2v) is 4.80. The fraction of sp³-hybridized carbons (Fsp3) is 0.250. The SMILES string of the molecule is CSCCOC(=O)c1c[nH]c2ccc([N+](=O)[O-])cc12. The van der Waals surface area contributed by atoms with Crippen molar-refractivity contribution in [1.29, 1.82) is 0 Å². The lowest BCUT2D eigenvalue weighted by atomic mass is 10.1. The van der Waals surface area contributed by atoms with Gasteiger partial charge in [0.25, 0.3) is 5.69 Å². The van der Waals surface area contributed by atoms with Crippen LogP contribution < -0.4 is 0 Å². The lowest BCUT2D eigenvalue weighted by Gasteiger charge is -2.02. The van der Waals surface area contributed by atoms with E-state index in [1.54, 1.807) is 17.8 Å². The summed E-state index contributed by atoms with van der Waals surface area (Å²) in [6, 6.07) is 4.34. The monoisotopic (exact) mass is 280 g/mol. The molecule has 2 rings (SSSR count). The number of nitrogens with zero attached hydrogens (tertiary/aromatic N) is 1. The van der Waals surface area contributed by atoms with Crippen molar-refractivity contribution in [1.82, 2.24) is 4.98 Å². The Morgan fingerprint density at radius 1 is 1.53 bits per heavy atom. The molecule has 0 fully saturated rings. The molecule has 1 N–H and O–H groups in total. The fourth-order valence-corrected chi connectivity index (χ4v) is 1.94. The topological polar surface area (TPSA) is 85.2 Å². The number of esters is 1. The summed E-state index contributed by atoms with van der Waals surface area (Å²) in [5.41, 5.74) is 0.937. The number of aromatic amines is 1. The molecule has 0 atom stereocenters. The summed E-state index contributed by atoms with van der Waals surface area (Å²) in [4.78, 5) is 25.0. The van der Waals surface area contributed by atoms with Crippen LogP contribution in [0.3, 0.4) is 0 Å². The van der Waals surface area contributed by atoms with Crippen LogP contribution in [0, 0.1) is 10.1 Å². The predicted octanol–water partition coefficient (Wildman–Crippen LogP) is 2.60. The first kappa shape index (κ1) is 13.4. The average molecular weight is 280 g/mol. The van der Waals surface area contributed by atoms with Crippen molar-refractivity contribution in [3.63, 3.8) is 0 Å². The standard InChI is InChI=1S/C12H12N2O4S/c1-19-5-4-18-12(15)10-7-13-11-3-2-8(14(16)17)6-9(10)11/h2-3,6-7,13H,4-5H2,1H3. The third-order valence-corrected chi connectivity index (χ3v) is 3.19. The third-order valence-electron chi connectivity index (χ3n) is 2.62. The van der Waals surface area contributed by atoms with Crippen LogP contribution in [0.5, 0.6) is 0 Å². The Morgan fingerprint density at radius 2 is 2.32 bits per heavy atom. The van der Waals surface area contributed by atoms with E-state index >= 15 is 0 Å². The van der Waals surface area contributed by atoms with Crippen molar-refractivity contribution in [3.05, 3.63) is 40.1 Å². The summed E-state index contributed by atoms with van der Waals surface area (Å²) in [5.74, 6) is 0.245. The maximum Gasteiger partial charge on any atom is 0.340 e. The molecule has 1 aromatic carbocycles. The number of non-ortho nitro benzene ring substituents is 1. The van der Waals surface area contributed by atoms with Gasteiger partial charge in [-0.25, -0.2) is 4.79 Å². The number of carbonyl (C=O) groups is 1.